The number of carbonyl (C=O) groups is 1. The minimum absolute atomic E-state index is 0.0293. The van der Waals surface area contributed by atoms with Crippen molar-refractivity contribution in [1.82, 2.24) is 29.3 Å². The Bertz CT molecular complexity index is 1720. The first-order valence-corrected chi connectivity index (χ1v) is 17.5. The molecule has 3 aromatic heterocycles. The molecule has 1 spiro atoms. The molecule has 0 N–H and O–H groups in total. The van der Waals surface area contributed by atoms with Gasteiger partial charge in [0.1, 0.15) is 17.0 Å². The summed E-state index contributed by atoms with van der Waals surface area (Å²) >= 11 is 0. The summed E-state index contributed by atoms with van der Waals surface area (Å²) in [6.07, 6.45) is 6.31. The highest BCUT2D eigenvalue weighted by molar-refractivity contribution is 5.69. The van der Waals surface area contributed by atoms with E-state index in [0.29, 0.717) is 44.8 Å². The van der Waals surface area contributed by atoms with Gasteiger partial charge in [-0.25, -0.2) is 19.7 Å². The Kier molecular flexibility index (Phi) is 8.76. The Morgan fingerprint density at radius 1 is 1.00 bits per heavy atom. The summed E-state index contributed by atoms with van der Waals surface area (Å²) in [7, 11) is 1.80. The average Bonchev–Trinajstić information content (AvgIpc) is 3.08. The van der Waals surface area contributed by atoms with E-state index >= 15 is 0 Å². The fraction of sp³-hybridized carbons (Fsp3) is 0.583. The summed E-state index contributed by atoms with van der Waals surface area (Å²) in [5, 5.41) is 0. The normalized spacial score (nSPS) is 21.1. The third-order valence-electron chi connectivity index (χ3n) is 10.1. The van der Waals surface area contributed by atoms with Gasteiger partial charge >= 0.3 is 6.09 Å². The van der Waals surface area contributed by atoms with Crippen molar-refractivity contribution in [2.45, 2.75) is 58.3 Å². The van der Waals surface area contributed by atoms with Crippen LogP contribution in [-0.4, -0.2) is 125 Å². The van der Waals surface area contributed by atoms with E-state index in [0.717, 1.165) is 79.6 Å². The maximum Gasteiger partial charge on any atom is 0.410 e. The number of ether oxygens (including phenoxy) is 2. The van der Waals surface area contributed by atoms with E-state index in [1.807, 2.05) is 52.4 Å². The lowest BCUT2D eigenvalue weighted by Gasteiger charge is -2.53. The number of aryl methyl sites for hydroxylation is 3. The largest absolute Gasteiger partial charge is 0.444 e. The number of fused-ring (bicyclic) bond motifs is 1. The number of hydrogen-bond acceptors (Lipinski definition) is 11. The molecule has 0 saturated carbocycles. The number of piperazine rings is 2. The van der Waals surface area contributed by atoms with Crippen molar-refractivity contribution in [3.8, 4) is 11.1 Å². The average molecular weight is 672 g/mol. The van der Waals surface area contributed by atoms with Crippen LogP contribution in [0.1, 0.15) is 39.0 Å². The van der Waals surface area contributed by atoms with Gasteiger partial charge in [0.2, 0.25) is 5.95 Å². The van der Waals surface area contributed by atoms with Crippen LogP contribution < -0.4 is 20.3 Å². The number of pyridine rings is 2. The van der Waals surface area contributed by atoms with E-state index < -0.39 is 11.2 Å². The number of anilines is 3. The van der Waals surface area contributed by atoms with Crippen LogP contribution >= 0.6 is 0 Å². The first kappa shape index (κ1) is 33.3. The molecular formula is C36H49N9O4. The second-order valence-electron chi connectivity index (χ2n) is 15.0. The molecule has 1 unspecified atom stereocenters. The molecule has 13 nitrogen and oxygen atoms in total. The van der Waals surface area contributed by atoms with E-state index in [2.05, 4.69) is 38.7 Å². The van der Waals surface area contributed by atoms with Crippen molar-refractivity contribution in [2.24, 2.45) is 7.05 Å². The number of rotatable bonds is 5. The Morgan fingerprint density at radius 2 is 1.71 bits per heavy atom. The summed E-state index contributed by atoms with van der Waals surface area (Å²) < 4.78 is 13.4. The van der Waals surface area contributed by atoms with Crippen LogP contribution in [0, 0.1) is 6.92 Å². The zero-order valence-corrected chi connectivity index (χ0v) is 29.7. The molecule has 0 aromatic carbocycles. The van der Waals surface area contributed by atoms with Crippen LogP contribution in [0.25, 0.3) is 11.1 Å². The molecule has 0 aliphatic carbocycles. The smallest absolute Gasteiger partial charge is 0.410 e. The zero-order valence-electron chi connectivity index (χ0n) is 29.7. The summed E-state index contributed by atoms with van der Waals surface area (Å²) in [4.78, 5) is 50.8. The van der Waals surface area contributed by atoms with E-state index in [4.69, 9.17) is 24.4 Å². The summed E-state index contributed by atoms with van der Waals surface area (Å²) in [6.45, 7) is 18.2. The lowest BCUT2D eigenvalue weighted by atomic mass is 9.92. The summed E-state index contributed by atoms with van der Waals surface area (Å²) in [5.74, 6) is 1.69. The minimum Gasteiger partial charge on any atom is -0.444 e. The standard InChI is InChI=1S/C36H49N9O4/c1-7-30-29(26-16-25(2)32(46)40(6)19-26)8-9-31(39-30)43-13-11-41-10-12-42(20-28(41)21-43)27-17-37-33(38-18-27)45-23-36(24-45)22-44(14-15-48-36)34(47)49-35(3,4)5/h8-9,16-19,28H,7,10-15,20-24H2,1-6H3. The highest BCUT2D eigenvalue weighted by Gasteiger charge is 2.49. The SMILES string of the molecule is CCc1nc(N2CCN3CCN(c4cnc(N5CC6(CN(C(=O)OC(C)(C)C)CCO6)C5)nc4)CC3C2)ccc1-c1cc(C)c(=O)n(C)c1. The van der Waals surface area contributed by atoms with Crippen molar-refractivity contribution >= 4 is 23.5 Å². The quantitative estimate of drug-likeness (QED) is 0.399. The molecule has 7 rings (SSSR count). The maximum atomic E-state index is 12.7. The van der Waals surface area contributed by atoms with Crippen molar-refractivity contribution in [3.05, 3.63) is 58.4 Å². The summed E-state index contributed by atoms with van der Waals surface area (Å²) in [6, 6.07) is 6.63. The van der Waals surface area contributed by atoms with Crippen LogP contribution in [0.3, 0.4) is 0 Å². The van der Waals surface area contributed by atoms with E-state index in [-0.39, 0.29) is 11.7 Å². The van der Waals surface area contributed by atoms with Gasteiger partial charge in [-0.2, -0.15) is 0 Å². The molecule has 13 heteroatoms. The molecule has 262 valence electrons. The topological polar surface area (TPSA) is 112 Å². The van der Waals surface area contributed by atoms with Crippen LogP contribution in [0.4, 0.5) is 22.2 Å². The number of aromatic nitrogens is 4. The van der Waals surface area contributed by atoms with Crippen LogP contribution in [0.5, 0.6) is 0 Å². The lowest BCUT2D eigenvalue weighted by Crippen LogP contribution is -2.71. The van der Waals surface area contributed by atoms with Gasteiger partial charge in [-0.05, 0) is 52.3 Å². The maximum absolute atomic E-state index is 12.7. The van der Waals surface area contributed by atoms with E-state index in [1.165, 1.54) is 0 Å². The van der Waals surface area contributed by atoms with Crippen molar-refractivity contribution < 1.29 is 14.3 Å². The van der Waals surface area contributed by atoms with Crippen LogP contribution in [0.2, 0.25) is 0 Å². The molecule has 49 heavy (non-hydrogen) atoms. The molecular weight excluding hydrogens is 622 g/mol. The minimum atomic E-state index is -0.526. The third kappa shape index (κ3) is 6.83. The highest BCUT2D eigenvalue weighted by Crippen LogP contribution is 2.33. The van der Waals surface area contributed by atoms with Crippen molar-refractivity contribution in [2.75, 3.05) is 86.8 Å². The second-order valence-corrected chi connectivity index (χ2v) is 15.0. The molecule has 4 fully saturated rings. The highest BCUT2D eigenvalue weighted by atomic mass is 16.6. The number of morpholine rings is 1. The monoisotopic (exact) mass is 671 g/mol. The first-order valence-electron chi connectivity index (χ1n) is 17.5. The fourth-order valence-corrected chi connectivity index (χ4v) is 7.57. The van der Waals surface area contributed by atoms with Gasteiger partial charge in [0.15, 0.2) is 0 Å². The molecule has 1 atom stereocenters. The van der Waals surface area contributed by atoms with Crippen molar-refractivity contribution in [1.29, 1.82) is 0 Å². The Hall–Kier alpha value is -4.23. The molecule has 4 saturated heterocycles. The number of carbonyl (C=O) groups excluding carboxylic acids is 1. The summed E-state index contributed by atoms with van der Waals surface area (Å²) in [5.41, 5.74) is 4.01. The molecule has 4 aliphatic rings. The zero-order chi connectivity index (χ0) is 34.5. The lowest BCUT2D eigenvalue weighted by molar-refractivity contribution is -0.122. The van der Waals surface area contributed by atoms with Gasteiger partial charge in [0.25, 0.3) is 5.56 Å². The first-order chi connectivity index (χ1) is 23.4. The third-order valence-corrected chi connectivity index (χ3v) is 10.1. The van der Waals surface area contributed by atoms with Gasteiger partial charge in [-0.1, -0.05) is 6.92 Å². The van der Waals surface area contributed by atoms with Crippen LogP contribution in [-0.2, 0) is 22.9 Å². The van der Waals surface area contributed by atoms with E-state index in [1.54, 1.807) is 16.5 Å². The fourth-order valence-electron chi connectivity index (χ4n) is 7.57. The molecule has 4 aliphatic heterocycles. The molecule has 7 heterocycles. The Labute approximate surface area is 288 Å². The second kappa shape index (κ2) is 12.9. The Balaban J connectivity index is 0.968. The molecule has 0 bridgehead atoms. The predicted octanol–water partition coefficient (Wildman–Crippen LogP) is 2.95. The predicted molar refractivity (Wildman–Crippen MR) is 190 cm³/mol. The van der Waals surface area contributed by atoms with Gasteiger partial charge in [0.05, 0.1) is 50.0 Å². The number of amides is 1. The van der Waals surface area contributed by atoms with Gasteiger partial charge in [-0.15, -0.1) is 0 Å². The molecule has 0 radical (unpaired) electrons. The van der Waals surface area contributed by atoms with Crippen LogP contribution in [0.15, 0.2) is 41.6 Å². The number of nitrogens with zero attached hydrogens (tertiary/aromatic N) is 9. The van der Waals surface area contributed by atoms with Crippen molar-refractivity contribution in [3.63, 3.8) is 0 Å². The number of hydrogen-bond donors (Lipinski definition) is 0. The Morgan fingerprint density at radius 3 is 2.41 bits per heavy atom. The molecule has 1 amide bonds. The van der Waals surface area contributed by atoms with E-state index in [9.17, 15) is 9.59 Å². The van der Waals surface area contributed by atoms with Gasteiger partial charge < -0.3 is 33.6 Å². The molecule has 3 aromatic rings. The van der Waals surface area contributed by atoms with Gasteiger partial charge in [-0.3, -0.25) is 9.69 Å². The van der Waals surface area contributed by atoms with Gasteiger partial charge in [0, 0.05) is 81.8 Å².